The topological polar surface area (TPSA) is 72.1 Å². The summed E-state index contributed by atoms with van der Waals surface area (Å²) < 4.78 is 10.6. The van der Waals surface area contributed by atoms with Gasteiger partial charge < -0.3 is 14.8 Å². The van der Waals surface area contributed by atoms with Crippen LogP contribution in [0, 0.1) is 0 Å². The third-order valence-electron chi connectivity index (χ3n) is 2.87. The fraction of sp³-hybridized carbons (Fsp3) is 0.385. The van der Waals surface area contributed by atoms with Gasteiger partial charge in [0.1, 0.15) is 23.7 Å². The van der Waals surface area contributed by atoms with Gasteiger partial charge >= 0.3 is 0 Å². The molecule has 0 saturated heterocycles. The van der Waals surface area contributed by atoms with Gasteiger partial charge in [0.2, 0.25) is 0 Å². The van der Waals surface area contributed by atoms with Crippen molar-refractivity contribution in [3.8, 4) is 11.5 Å². The molecule has 1 aromatic carbocycles. The molecule has 0 spiro atoms. The van der Waals surface area contributed by atoms with Crippen LogP contribution < -0.4 is 14.8 Å². The third-order valence-corrected chi connectivity index (χ3v) is 2.87. The minimum absolute atomic E-state index is 0.0895. The predicted octanol–water partition coefficient (Wildman–Crippen LogP) is 1.52. The summed E-state index contributed by atoms with van der Waals surface area (Å²) >= 11 is 0. The number of benzene rings is 1. The highest BCUT2D eigenvalue weighted by molar-refractivity contribution is 5.44. The van der Waals surface area contributed by atoms with Crippen LogP contribution in [-0.2, 0) is 0 Å². The average molecular weight is 262 g/mol. The van der Waals surface area contributed by atoms with Gasteiger partial charge in [-0.3, -0.25) is 5.10 Å². The number of aromatic amines is 1. The fourth-order valence-corrected chi connectivity index (χ4v) is 1.97. The zero-order chi connectivity index (χ0) is 13.7. The molecule has 19 heavy (non-hydrogen) atoms. The molecule has 102 valence electrons. The van der Waals surface area contributed by atoms with Crippen LogP contribution in [0.5, 0.6) is 11.5 Å². The van der Waals surface area contributed by atoms with Crippen LogP contribution in [-0.4, -0.2) is 35.9 Å². The van der Waals surface area contributed by atoms with Gasteiger partial charge in [-0.25, -0.2) is 4.98 Å². The molecule has 0 radical (unpaired) electrons. The molecule has 0 bridgehead atoms. The lowest BCUT2D eigenvalue weighted by Gasteiger charge is -2.19. The first-order valence-electron chi connectivity index (χ1n) is 6.10. The van der Waals surface area contributed by atoms with Crippen molar-refractivity contribution in [1.82, 2.24) is 20.5 Å². The summed E-state index contributed by atoms with van der Waals surface area (Å²) in [5, 5.41) is 10.1. The van der Waals surface area contributed by atoms with E-state index in [9.17, 15) is 0 Å². The Morgan fingerprint density at radius 3 is 2.74 bits per heavy atom. The van der Waals surface area contributed by atoms with Crippen molar-refractivity contribution in [2.24, 2.45) is 0 Å². The van der Waals surface area contributed by atoms with Crippen LogP contribution in [0.25, 0.3) is 0 Å². The van der Waals surface area contributed by atoms with Crippen molar-refractivity contribution >= 4 is 0 Å². The normalized spacial score (nSPS) is 12.2. The smallest absolute Gasteiger partial charge is 0.146 e. The Morgan fingerprint density at radius 2 is 2.16 bits per heavy atom. The summed E-state index contributed by atoms with van der Waals surface area (Å²) in [5.74, 6) is 2.26. The Bertz CT molecular complexity index is 513. The maximum absolute atomic E-state index is 5.43. The minimum atomic E-state index is -0.0895. The second-order valence-corrected chi connectivity index (χ2v) is 3.97. The number of hydrogen-bond acceptors (Lipinski definition) is 5. The van der Waals surface area contributed by atoms with Crippen LogP contribution in [0.1, 0.15) is 24.4 Å². The van der Waals surface area contributed by atoms with Crippen LogP contribution in [0.4, 0.5) is 0 Å². The number of hydrogen-bond donors (Lipinski definition) is 2. The van der Waals surface area contributed by atoms with Crippen molar-refractivity contribution in [1.29, 1.82) is 0 Å². The van der Waals surface area contributed by atoms with Gasteiger partial charge in [-0.15, -0.1) is 0 Å². The maximum atomic E-state index is 5.43. The number of ether oxygens (including phenoxy) is 2. The zero-order valence-electron chi connectivity index (χ0n) is 11.3. The minimum Gasteiger partial charge on any atom is -0.497 e. The van der Waals surface area contributed by atoms with E-state index in [0.29, 0.717) is 0 Å². The molecule has 1 atom stereocenters. The average Bonchev–Trinajstić information content (AvgIpc) is 2.98. The second-order valence-electron chi connectivity index (χ2n) is 3.97. The van der Waals surface area contributed by atoms with Gasteiger partial charge in [0.05, 0.1) is 20.3 Å². The summed E-state index contributed by atoms with van der Waals surface area (Å²) in [6, 6.07) is 5.63. The summed E-state index contributed by atoms with van der Waals surface area (Å²) in [4.78, 5) is 4.21. The molecule has 2 N–H and O–H groups in total. The van der Waals surface area contributed by atoms with Crippen molar-refractivity contribution in [2.45, 2.75) is 13.0 Å². The maximum Gasteiger partial charge on any atom is 0.146 e. The first-order chi connectivity index (χ1) is 9.30. The van der Waals surface area contributed by atoms with Crippen molar-refractivity contribution < 1.29 is 9.47 Å². The quantitative estimate of drug-likeness (QED) is 0.826. The molecule has 1 aromatic heterocycles. The molecule has 6 heteroatoms. The van der Waals surface area contributed by atoms with Crippen LogP contribution >= 0.6 is 0 Å². The van der Waals surface area contributed by atoms with E-state index in [0.717, 1.165) is 29.4 Å². The number of nitrogens with one attached hydrogen (secondary N) is 2. The third kappa shape index (κ3) is 2.85. The molecule has 0 amide bonds. The molecule has 1 heterocycles. The molecule has 0 fully saturated rings. The number of nitrogens with zero attached hydrogens (tertiary/aromatic N) is 2. The van der Waals surface area contributed by atoms with Crippen LogP contribution in [0.2, 0.25) is 0 Å². The molecule has 6 nitrogen and oxygen atoms in total. The standard InChI is InChI=1S/C13H18N4O2/c1-4-14-12(13-15-8-16-17-13)10-6-5-9(18-2)7-11(10)19-3/h5-8,12,14H,4H2,1-3H3,(H,15,16,17). The first-order valence-corrected chi connectivity index (χ1v) is 6.10. The Balaban J connectivity index is 2.41. The van der Waals surface area contributed by atoms with E-state index < -0.39 is 0 Å². The van der Waals surface area contributed by atoms with Crippen molar-refractivity contribution in [3.63, 3.8) is 0 Å². The molecule has 1 unspecified atom stereocenters. The first kappa shape index (κ1) is 13.4. The Morgan fingerprint density at radius 1 is 1.32 bits per heavy atom. The largest absolute Gasteiger partial charge is 0.497 e. The lowest BCUT2D eigenvalue weighted by atomic mass is 10.0. The summed E-state index contributed by atoms with van der Waals surface area (Å²) in [6.45, 7) is 2.85. The van der Waals surface area contributed by atoms with E-state index in [1.165, 1.54) is 6.33 Å². The van der Waals surface area contributed by atoms with Gasteiger partial charge in [-0.1, -0.05) is 6.92 Å². The fourth-order valence-electron chi connectivity index (χ4n) is 1.97. The molecule has 2 rings (SSSR count). The highest BCUT2D eigenvalue weighted by Gasteiger charge is 2.20. The van der Waals surface area contributed by atoms with Crippen LogP contribution in [0.3, 0.4) is 0 Å². The Labute approximate surface area is 112 Å². The molecule has 0 aliphatic rings. The number of rotatable bonds is 6. The summed E-state index contributed by atoms with van der Waals surface area (Å²) in [7, 11) is 3.27. The summed E-state index contributed by atoms with van der Waals surface area (Å²) in [6.07, 6.45) is 1.50. The molecule has 0 aliphatic carbocycles. The highest BCUT2D eigenvalue weighted by atomic mass is 16.5. The van der Waals surface area contributed by atoms with E-state index >= 15 is 0 Å². The van der Waals surface area contributed by atoms with E-state index in [1.807, 2.05) is 25.1 Å². The zero-order valence-corrected chi connectivity index (χ0v) is 11.3. The van der Waals surface area contributed by atoms with Gasteiger partial charge in [0, 0.05) is 11.6 Å². The Hall–Kier alpha value is -2.08. The van der Waals surface area contributed by atoms with E-state index in [2.05, 4.69) is 20.5 Å². The number of methoxy groups -OCH3 is 2. The lowest BCUT2D eigenvalue weighted by molar-refractivity contribution is 0.387. The van der Waals surface area contributed by atoms with Crippen molar-refractivity contribution in [2.75, 3.05) is 20.8 Å². The number of aromatic nitrogens is 3. The van der Waals surface area contributed by atoms with Gasteiger partial charge in [-0.05, 0) is 18.7 Å². The SMILES string of the molecule is CCNC(c1ncn[nH]1)c1ccc(OC)cc1OC. The Kier molecular flexibility index (Phi) is 4.35. The monoisotopic (exact) mass is 262 g/mol. The van der Waals surface area contributed by atoms with Gasteiger partial charge in [0.15, 0.2) is 0 Å². The molecular formula is C13H18N4O2. The summed E-state index contributed by atoms with van der Waals surface area (Å²) in [5.41, 5.74) is 0.988. The molecule has 0 aliphatic heterocycles. The van der Waals surface area contributed by atoms with Crippen molar-refractivity contribution in [3.05, 3.63) is 35.9 Å². The van der Waals surface area contributed by atoms with E-state index in [4.69, 9.17) is 9.47 Å². The van der Waals surface area contributed by atoms with Crippen LogP contribution in [0.15, 0.2) is 24.5 Å². The van der Waals surface area contributed by atoms with Gasteiger partial charge in [-0.2, -0.15) is 5.10 Å². The molecule has 0 saturated carbocycles. The lowest BCUT2D eigenvalue weighted by Crippen LogP contribution is -2.23. The predicted molar refractivity (Wildman–Crippen MR) is 71.4 cm³/mol. The van der Waals surface area contributed by atoms with E-state index in [-0.39, 0.29) is 6.04 Å². The molecule has 2 aromatic rings. The van der Waals surface area contributed by atoms with E-state index in [1.54, 1.807) is 14.2 Å². The second kappa shape index (κ2) is 6.19. The number of H-pyrrole nitrogens is 1. The van der Waals surface area contributed by atoms with Gasteiger partial charge in [0.25, 0.3) is 0 Å². The highest BCUT2D eigenvalue weighted by Crippen LogP contribution is 2.31. The molecular weight excluding hydrogens is 244 g/mol.